The molecule has 0 radical (unpaired) electrons. The highest BCUT2D eigenvalue weighted by Crippen LogP contribution is 2.22. The molecule has 0 aliphatic rings. The van der Waals surface area contributed by atoms with Crippen molar-refractivity contribution >= 4 is 10.0 Å². The number of furan rings is 1. The summed E-state index contributed by atoms with van der Waals surface area (Å²) in [6.45, 7) is 4.30. The van der Waals surface area contributed by atoms with Gasteiger partial charge in [-0.15, -0.1) is 0 Å². The van der Waals surface area contributed by atoms with E-state index in [2.05, 4.69) is 4.72 Å². The van der Waals surface area contributed by atoms with E-state index < -0.39 is 16.1 Å². The van der Waals surface area contributed by atoms with Crippen LogP contribution in [0.15, 0.2) is 45.9 Å². The first-order valence-corrected chi connectivity index (χ1v) is 8.87. The van der Waals surface area contributed by atoms with Crippen molar-refractivity contribution in [3.8, 4) is 5.75 Å². The summed E-state index contributed by atoms with van der Waals surface area (Å²) >= 11 is 0. The number of sulfonamides is 1. The van der Waals surface area contributed by atoms with Crippen molar-refractivity contribution in [1.82, 2.24) is 4.72 Å². The van der Waals surface area contributed by atoms with E-state index in [9.17, 15) is 13.5 Å². The fraction of sp³-hybridized carbons (Fsp3) is 0.375. The van der Waals surface area contributed by atoms with Crippen LogP contribution in [0.5, 0.6) is 5.75 Å². The Morgan fingerprint density at radius 3 is 2.74 bits per heavy atom. The maximum Gasteiger partial charge on any atom is 0.240 e. The zero-order valence-corrected chi connectivity index (χ0v) is 14.0. The summed E-state index contributed by atoms with van der Waals surface area (Å²) in [6.07, 6.45) is 0.850. The van der Waals surface area contributed by atoms with Gasteiger partial charge in [0.25, 0.3) is 0 Å². The van der Waals surface area contributed by atoms with Crippen molar-refractivity contribution in [1.29, 1.82) is 0 Å². The fourth-order valence-corrected chi connectivity index (χ4v) is 3.28. The fourth-order valence-electron chi connectivity index (χ4n) is 2.14. The summed E-state index contributed by atoms with van der Waals surface area (Å²) in [7, 11) is -3.63. The summed E-state index contributed by atoms with van der Waals surface area (Å²) in [6, 6.07) is 8.03. The van der Waals surface area contributed by atoms with Crippen LogP contribution in [0, 0.1) is 6.92 Å². The van der Waals surface area contributed by atoms with Crippen LogP contribution in [0.25, 0.3) is 0 Å². The minimum Gasteiger partial charge on any atom is -0.494 e. The molecular weight excluding hydrogens is 318 g/mol. The molecule has 0 spiro atoms. The molecule has 7 heteroatoms. The van der Waals surface area contributed by atoms with Gasteiger partial charge in [0.05, 0.1) is 17.8 Å². The van der Waals surface area contributed by atoms with Gasteiger partial charge in [-0.2, -0.15) is 0 Å². The van der Waals surface area contributed by atoms with Gasteiger partial charge in [-0.05, 0) is 56.2 Å². The van der Waals surface area contributed by atoms with Crippen LogP contribution < -0.4 is 9.46 Å². The molecule has 0 saturated carbocycles. The molecule has 2 N–H and O–H groups in total. The Kier molecular flexibility index (Phi) is 5.81. The average Bonchev–Trinajstić information content (AvgIpc) is 3.03. The van der Waals surface area contributed by atoms with E-state index in [1.165, 1.54) is 12.3 Å². The van der Waals surface area contributed by atoms with Crippen LogP contribution >= 0.6 is 0 Å². The highest BCUT2D eigenvalue weighted by Gasteiger charge is 2.17. The van der Waals surface area contributed by atoms with Gasteiger partial charge in [-0.25, -0.2) is 13.1 Å². The first-order valence-electron chi connectivity index (χ1n) is 7.38. The summed E-state index contributed by atoms with van der Waals surface area (Å²) in [4.78, 5) is 0.172. The van der Waals surface area contributed by atoms with Gasteiger partial charge in [0.15, 0.2) is 0 Å². The SMILES string of the molecule is CCOc1ccc(S(=O)(=O)NCC[C@@H](O)c2ccco2)cc1C. The molecule has 0 bridgehead atoms. The van der Waals surface area contributed by atoms with Crippen LogP contribution in [0.2, 0.25) is 0 Å². The Balaban J connectivity index is 1.97. The van der Waals surface area contributed by atoms with Crippen LogP contribution in [0.4, 0.5) is 0 Å². The molecule has 0 unspecified atom stereocenters. The van der Waals surface area contributed by atoms with E-state index in [-0.39, 0.29) is 17.9 Å². The molecule has 2 aromatic rings. The van der Waals surface area contributed by atoms with E-state index >= 15 is 0 Å². The number of aryl methyl sites for hydroxylation is 1. The van der Waals surface area contributed by atoms with Crippen molar-refractivity contribution < 1.29 is 22.7 Å². The van der Waals surface area contributed by atoms with Crippen molar-refractivity contribution in [2.24, 2.45) is 0 Å². The average molecular weight is 339 g/mol. The minimum atomic E-state index is -3.63. The molecule has 2 rings (SSSR count). The second-order valence-corrected chi connectivity index (χ2v) is 6.84. The standard InChI is InChI=1S/C16H21NO5S/c1-3-21-15-7-6-13(11-12(15)2)23(19,20)17-9-8-14(18)16-5-4-10-22-16/h4-7,10-11,14,17-18H,3,8-9H2,1-2H3/t14-/m1/s1. The Morgan fingerprint density at radius 1 is 1.35 bits per heavy atom. The molecule has 126 valence electrons. The van der Waals surface area contributed by atoms with E-state index in [0.29, 0.717) is 18.1 Å². The Bertz CT molecular complexity index is 725. The lowest BCUT2D eigenvalue weighted by Gasteiger charge is -2.12. The highest BCUT2D eigenvalue weighted by atomic mass is 32.2. The third-order valence-corrected chi connectivity index (χ3v) is 4.80. The molecule has 1 aromatic carbocycles. The number of benzene rings is 1. The smallest absolute Gasteiger partial charge is 0.240 e. The lowest BCUT2D eigenvalue weighted by Crippen LogP contribution is -2.26. The van der Waals surface area contributed by atoms with Gasteiger partial charge in [-0.1, -0.05) is 0 Å². The highest BCUT2D eigenvalue weighted by molar-refractivity contribution is 7.89. The molecule has 0 saturated heterocycles. The van der Waals surface area contributed by atoms with Crippen LogP contribution in [0.3, 0.4) is 0 Å². The normalized spacial score (nSPS) is 13.0. The first kappa shape index (κ1) is 17.5. The van der Waals surface area contributed by atoms with Gasteiger partial charge in [0, 0.05) is 6.54 Å². The predicted octanol–water partition coefficient (Wildman–Crippen LogP) is 2.39. The van der Waals surface area contributed by atoms with Crippen LogP contribution in [-0.2, 0) is 10.0 Å². The van der Waals surface area contributed by atoms with Gasteiger partial charge in [0.1, 0.15) is 17.6 Å². The number of hydrogen-bond donors (Lipinski definition) is 2. The zero-order valence-electron chi connectivity index (χ0n) is 13.2. The summed E-state index contributed by atoms with van der Waals surface area (Å²) in [5.41, 5.74) is 0.755. The number of hydrogen-bond acceptors (Lipinski definition) is 5. The second-order valence-electron chi connectivity index (χ2n) is 5.08. The number of aliphatic hydroxyl groups is 1. The maximum absolute atomic E-state index is 12.3. The molecule has 23 heavy (non-hydrogen) atoms. The maximum atomic E-state index is 12.3. The molecular formula is C16H21NO5S. The lowest BCUT2D eigenvalue weighted by molar-refractivity contribution is 0.142. The molecule has 0 fully saturated rings. The Morgan fingerprint density at radius 2 is 2.13 bits per heavy atom. The summed E-state index contributed by atoms with van der Waals surface area (Å²) < 4.78 is 37.5. The van der Waals surface area contributed by atoms with Crippen LogP contribution in [0.1, 0.15) is 30.8 Å². The molecule has 1 atom stereocenters. The van der Waals surface area contributed by atoms with Crippen molar-refractivity contribution in [2.45, 2.75) is 31.3 Å². The summed E-state index contributed by atoms with van der Waals surface area (Å²) in [5, 5.41) is 9.87. The largest absolute Gasteiger partial charge is 0.494 e. The second kappa shape index (κ2) is 7.63. The minimum absolute atomic E-state index is 0.108. The van der Waals surface area contributed by atoms with Crippen molar-refractivity contribution in [3.63, 3.8) is 0 Å². The molecule has 0 aliphatic carbocycles. The first-order chi connectivity index (χ1) is 10.9. The van der Waals surface area contributed by atoms with E-state index in [0.717, 1.165) is 5.56 Å². The van der Waals surface area contributed by atoms with Gasteiger partial charge >= 0.3 is 0 Å². The third kappa shape index (κ3) is 4.57. The zero-order chi connectivity index (χ0) is 16.9. The van der Waals surface area contributed by atoms with Crippen LogP contribution in [-0.4, -0.2) is 26.7 Å². The lowest BCUT2D eigenvalue weighted by atomic mass is 10.2. The van der Waals surface area contributed by atoms with Gasteiger partial charge in [-0.3, -0.25) is 0 Å². The molecule has 1 aromatic heterocycles. The number of rotatable bonds is 8. The van der Waals surface area contributed by atoms with Crippen molar-refractivity contribution in [3.05, 3.63) is 47.9 Å². The quantitative estimate of drug-likeness (QED) is 0.771. The van der Waals surface area contributed by atoms with Gasteiger partial charge < -0.3 is 14.3 Å². The topological polar surface area (TPSA) is 88.8 Å². The molecule has 1 heterocycles. The van der Waals surface area contributed by atoms with E-state index in [4.69, 9.17) is 9.15 Å². The predicted molar refractivity (Wildman–Crippen MR) is 85.8 cm³/mol. The van der Waals surface area contributed by atoms with E-state index in [1.807, 2.05) is 6.92 Å². The van der Waals surface area contributed by atoms with Crippen molar-refractivity contribution in [2.75, 3.05) is 13.2 Å². The number of nitrogens with one attached hydrogen (secondary N) is 1. The Hall–Kier alpha value is -1.83. The number of aliphatic hydroxyl groups excluding tert-OH is 1. The van der Waals surface area contributed by atoms with E-state index in [1.54, 1.807) is 31.2 Å². The Labute approximate surface area is 136 Å². The van der Waals surface area contributed by atoms with Gasteiger partial charge in [0.2, 0.25) is 10.0 Å². The number of ether oxygens (including phenoxy) is 1. The third-order valence-electron chi connectivity index (χ3n) is 3.34. The molecule has 0 aliphatic heterocycles. The monoisotopic (exact) mass is 339 g/mol. The summed E-state index contributed by atoms with van der Waals surface area (Å²) in [5.74, 6) is 1.08. The molecule has 6 nitrogen and oxygen atoms in total. The molecule has 0 amide bonds.